The maximum Gasteiger partial charge on any atom is 0.417 e. The molecular weight excluding hydrogens is 443 g/mol. The number of phenolic OH excluding ortho intramolecular Hbond substituents is 1. The molecule has 174 valence electrons. The SMILES string of the molecule is CC(C)(CC(O)(Cc1cc2cc(C(F)(F)F)ccc2[nH]1)C(F)(F)F)c1cc(F)ccc1O. The van der Waals surface area contributed by atoms with Crippen molar-refractivity contribution in [3.63, 3.8) is 0 Å². The Morgan fingerprint density at radius 1 is 0.906 bits per heavy atom. The molecule has 1 unspecified atom stereocenters. The van der Waals surface area contributed by atoms with E-state index >= 15 is 0 Å². The first-order valence-electron chi connectivity index (χ1n) is 9.49. The normalized spacial score (nSPS) is 15.2. The largest absolute Gasteiger partial charge is 0.508 e. The lowest BCUT2D eigenvalue weighted by Gasteiger charge is -2.38. The van der Waals surface area contributed by atoms with Gasteiger partial charge in [-0.25, -0.2) is 4.39 Å². The molecule has 2 aromatic carbocycles. The van der Waals surface area contributed by atoms with E-state index in [2.05, 4.69) is 4.98 Å². The molecule has 3 nitrogen and oxygen atoms in total. The highest BCUT2D eigenvalue weighted by Crippen LogP contribution is 2.45. The molecule has 0 radical (unpaired) electrons. The number of aliphatic hydroxyl groups is 1. The van der Waals surface area contributed by atoms with Crippen LogP contribution < -0.4 is 0 Å². The summed E-state index contributed by atoms with van der Waals surface area (Å²) in [6.45, 7) is 2.64. The zero-order valence-corrected chi connectivity index (χ0v) is 17.0. The summed E-state index contributed by atoms with van der Waals surface area (Å²) in [4.78, 5) is 2.61. The van der Waals surface area contributed by atoms with Crippen molar-refractivity contribution < 1.29 is 40.9 Å². The van der Waals surface area contributed by atoms with E-state index in [1.54, 1.807) is 0 Å². The van der Waals surface area contributed by atoms with Crippen molar-refractivity contribution in [1.29, 1.82) is 0 Å². The van der Waals surface area contributed by atoms with Crippen LogP contribution >= 0.6 is 0 Å². The number of alkyl halides is 6. The summed E-state index contributed by atoms with van der Waals surface area (Å²) in [6.07, 6.45) is -11.7. The van der Waals surface area contributed by atoms with Gasteiger partial charge in [0.2, 0.25) is 0 Å². The molecule has 1 heterocycles. The summed E-state index contributed by atoms with van der Waals surface area (Å²) in [6, 6.07) is 6.68. The molecular formula is C22H20F7NO2. The summed E-state index contributed by atoms with van der Waals surface area (Å²) >= 11 is 0. The Morgan fingerprint density at radius 3 is 2.16 bits per heavy atom. The zero-order valence-electron chi connectivity index (χ0n) is 17.0. The second-order valence-corrected chi connectivity index (χ2v) is 8.52. The lowest BCUT2D eigenvalue weighted by molar-refractivity contribution is -0.266. The van der Waals surface area contributed by atoms with Crippen LogP contribution in [0.2, 0.25) is 0 Å². The topological polar surface area (TPSA) is 56.2 Å². The quantitative estimate of drug-likeness (QED) is 0.393. The Balaban J connectivity index is 1.98. The molecule has 32 heavy (non-hydrogen) atoms. The number of fused-ring (bicyclic) bond motifs is 1. The highest BCUT2D eigenvalue weighted by atomic mass is 19.4. The number of hydrogen-bond acceptors (Lipinski definition) is 2. The molecule has 0 spiro atoms. The fourth-order valence-corrected chi connectivity index (χ4v) is 3.92. The number of phenols is 1. The first-order chi connectivity index (χ1) is 14.5. The number of aromatic amines is 1. The number of aromatic hydroxyl groups is 1. The molecule has 0 aliphatic rings. The van der Waals surface area contributed by atoms with Crippen LogP contribution in [0, 0.1) is 5.82 Å². The lowest BCUT2D eigenvalue weighted by atomic mass is 9.73. The van der Waals surface area contributed by atoms with E-state index < -0.39 is 53.3 Å². The van der Waals surface area contributed by atoms with Crippen molar-refractivity contribution in [2.75, 3.05) is 0 Å². The van der Waals surface area contributed by atoms with Crippen LogP contribution in [0.5, 0.6) is 5.75 Å². The maximum atomic E-state index is 13.9. The number of rotatable bonds is 5. The highest BCUT2D eigenvalue weighted by molar-refractivity contribution is 5.81. The van der Waals surface area contributed by atoms with Gasteiger partial charge in [-0.1, -0.05) is 13.8 Å². The third-order valence-corrected chi connectivity index (χ3v) is 5.44. The molecule has 0 amide bonds. The van der Waals surface area contributed by atoms with Gasteiger partial charge in [0.15, 0.2) is 5.60 Å². The predicted octanol–water partition coefficient (Wildman–Crippen LogP) is 6.24. The van der Waals surface area contributed by atoms with Gasteiger partial charge in [0.05, 0.1) is 5.56 Å². The molecule has 0 saturated heterocycles. The van der Waals surface area contributed by atoms with E-state index in [4.69, 9.17) is 0 Å². The van der Waals surface area contributed by atoms with E-state index in [1.165, 1.54) is 13.8 Å². The Bertz CT molecular complexity index is 1130. The minimum absolute atomic E-state index is 0.0429. The Hall–Kier alpha value is -2.75. The van der Waals surface area contributed by atoms with Gasteiger partial charge in [-0.3, -0.25) is 0 Å². The van der Waals surface area contributed by atoms with Crippen LogP contribution in [0.25, 0.3) is 10.9 Å². The van der Waals surface area contributed by atoms with E-state index in [0.717, 1.165) is 42.5 Å². The van der Waals surface area contributed by atoms with Crippen LogP contribution in [0.4, 0.5) is 30.7 Å². The monoisotopic (exact) mass is 463 g/mol. The maximum absolute atomic E-state index is 13.9. The minimum Gasteiger partial charge on any atom is -0.508 e. The Morgan fingerprint density at radius 2 is 1.56 bits per heavy atom. The Kier molecular flexibility index (Phi) is 5.74. The first-order valence-corrected chi connectivity index (χ1v) is 9.49. The van der Waals surface area contributed by atoms with Gasteiger partial charge in [0.25, 0.3) is 0 Å². The van der Waals surface area contributed by atoms with E-state index in [9.17, 15) is 40.9 Å². The van der Waals surface area contributed by atoms with Crippen LogP contribution in [0.1, 0.15) is 37.1 Å². The Labute approximate surface area is 178 Å². The van der Waals surface area contributed by atoms with Gasteiger partial charge >= 0.3 is 12.4 Å². The van der Waals surface area contributed by atoms with E-state index in [1.807, 2.05) is 0 Å². The van der Waals surface area contributed by atoms with Gasteiger partial charge < -0.3 is 15.2 Å². The summed E-state index contributed by atoms with van der Waals surface area (Å²) in [5.41, 5.74) is -5.84. The number of benzene rings is 2. The number of H-pyrrole nitrogens is 1. The molecule has 10 heteroatoms. The third-order valence-electron chi connectivity index (χ3n) is 5.44. The molecule has 0 aliphatic heterocycles. The summed E-state index contributed by atoms with van der Waals surface area (Å²) in [5, 5.41) is 20.7. The number of halogens is 7. The van der Waals surface area contributed by atoms with Crippen molar-refractivity contribution in [2.45, 2.75) is 50.1 Å². The predicted molar refractivity (Wildman–Crippen MR) is 104 cm³/mol. The second kappa shape index (κ2) is 7.68. The van der Waals surface area contributed by atoms with Gasteiger partial charge in [0, 0.05) is 28.6 Å². The van der Waals surface area contributed by atoms with Gasteiger partial charge in [-0.15, -0.1) is 0 Å². The molecule has 3 aromatic rings. The van der Waals surface area contributed by atoms with Crippen LogP contribution in [-0.2, 0) is 18.0 Å². The smallest absolute Gasteiger partial charge is 0.417 e. The molecule has 1 atom stereocenters. The van der Waals surface area contributed by atoms with Gasteiger partial charge in [0.1, 0.15) is 11.6 Å². The van der Waals surface area contributed by atoms with Crippen molar-refractivity contribution in [3.05, 3.63) is 65.1 Å². The molecule has 1 aromatic heterocycles. The standard InChI is InChI=1S/C22H20F7NO2/c1-19(2,16-9-14(23)4-6-18(16)31)11-20(32,22(27,28)29)10-15-8-12-7-13(21(24,25)26)3-5-17(12)30-15/h3-9,30-32H,10-11H2,1-2H3. The number of hydrogen-bond donors (Lipinski definition) is 3. The fraction of sp³-hybridized carbons (Fsp3) is 0.364. The van der Waals surface area contributed by atoms with Crippen LogP contribution in [-0.4, -0.2) is 27.0 Å². The van der Waals surface area contributed by atoms with E-state index in [-0.39, 0.29) is 22.2 Å². The third kappa shape index (κ3) is 4.69. The molecule has 3 rings (SSSR count). The summed E-state index contributed by atoms with van der Waals surface area (Å²) in [7, 11) is 0. The first kappa shape index (κ1) is 23.9. The molecule has 0 aliphatic carbocycles. The fourth-order valence-electron chi connectivity index (χ4n) is 3.92. The summed E-state index contributed by atoms with van der Waals surface area (Å²) < 4.78 is 94.2. The average Bonchev–Trinajstić information content (AvgIpc) is 3.02. The van der Waals surface area contributed by atoms with E-state index in [0.29, 0.717) is 0 Å². The van der Waals surface area contributed by atoms with Gasteiger partial charge in [-0.2, -0.15) is 26.3 Å². The van der Waals surface area contributed by atoms with Crippen LogP contribution in [0.3, 0.4) is 0 Å². The zero-order chi connectivity index (χ0) is 24.1. The van der Waals surface area contributed by atoms with Crippen molar-refractivity contribution in [3.8, 4) is 5.75 Å². The average molecular weight is 463 g/mol. The lowest BCUT2D eigenvalue weighted by Crippen LogP contribution is -2.50. The van der Waals surface area contributed by atoms with Crippen LogP contribution in [0.15, 0.2) is 42.5 Å². The number of nitrogens with one attached hydrogen (secondary N) is 1. The van der Waals surface area contributed by atoms with Crippen molar-refractivity contribution in [2.24, 2.45) is 0 Å². The minimum atomic E-state index is -5.12. The second-order valence-electron chi connectivity index (χ2n) is 8.52. The summed E-state index contributed by atoms with van der Waals surface area (Å²) in [5.74, 6) is -1.19. The molecule has 0 bridgehead atoms. The van der Waals surface area contributed by atoms with Crippen molar-refractivity contribution >= 4 is 10.9 Å². The number of aromatic nitrogens is 1. The highest BCUT2D eigenvalue weighted by Gasteiger charge is 2.56. The molecule has 0 saturated carbocycles. The molecule has 3 N–H and O–H groups in total. The van der Waals surface area contributed by atoms with Gasteiger partial charge in [-0.05, 0) is 54.3 Å². The molecule has 0 fully saturated rings. The van der Waals surface area contributed by atoms with Crippen molar-refractivity contribution in [1.82, 2.24) is 4.98 Å².